The zero-order valence-electron chi connectivity index (χ0n) is 72.2. The molecule has 7 aliphatic heterocycles. The molecule has 3 aromatic heterocycles. The van der Waals surface area contributed by atoms with E-state index in [9.17, 15) is 98.4 Å². The van der Waals surface area contributed by atoms with E-state index in [0.29, 0.717) is 49.1 Å². The van der Waals surface area contributed by atoms with Crippen LogP contribution in [0.5, 0.6) is 0 Å². The van der Waals surface area contributed by atoms with E-state index in [-0.39, 0.29) is 29.0 Å². The number of Topliss-reactive ketones (excluding diaryl/α,β-unsaturated/α-hetero) is 3. The predicted octanol–water partition coefficient (Wildman–Crippen LogP) is -0.720. The van der Waals surface area contributed by atoms with Crippen molar-refractivity contribution >= 4 is 101 Å². The van der Waals surface area contributed by atoms with Crippen LogP contribution < -0.4 is 44.4 Å². The van der Waals surface area contributed by atoms with Gasteiger partial charge >= 0.3 is 23.0 Å². The lowest BCUT2D eigenvalue weighted by atomic mass is 10.1. The number of aliphatic hydroxyl groups excluding tert-OH is 8. The van der Waals surface area contributed by atoms with E-state index in [4.69, 9.17) is 33.2 Å². The third kappa shape index (κ3) is 28.7. The number of ether oxygens (including phenoxy) is 8. The van der Waals surface area contributed by atoms with Gasteiger partial charge in [-0.05, 0) is 143 Å². The second-order valence-electron chi connectivity index (χ2n) is 34.5. The second-order valence-corrected chi connectivity index (χ2v) is 56.1. The summed E-state index contributed by atoms with van der Waals surface area (Å²) in [5.74, 6) is -2.40. The van der Waals surface area contributed by atoms with Crippen LogP contribution in [0.25, 0.3) is 0 Å². The van der Waals surface area contributed by atoms with E-state index in [1.54, 1.807) is 36.2 Å². The molecule has 43 heteroatoms. The van der Waals surface area contributed by atoms with Crippen LogP contribution in [0.15, 0.2) is 102 Å². The smallest absolute Gasteiger partial charge is 0.332 e. The van der Waals surface area contributed by atoms with Crippen molar-refractivity contribution in [2.45, 2.75) is 182 Å². The molecule has 0 radical (unpaired) electrons. The lowest BCUT2D eigenvalue weighted by Gasteiger charge is -2.34. The Morgan fingerprint density at radius 3 is 1.23 bits per heavy atom. The van der Waals surface area contributed by atoms with Crippen LogP contribution in [0.4, 0.5) is 0 Å². The van der Waals surface area contributed by atoms with E-state index < -0.39 is 221 Å². The predicted molar refractivity (Wildman–Crippen MR) is 476 cm³/mol. The second kappa shape index (κ2) is 43.4. The summed E-state index contributed by atoms with van der Waals surface area (Å²) in [4.78, 5) is 148. The van der Waals surface area contributed by atoms with Crippen LogP contribution >= 0.6 is 34.4 Å². The van der Waals surface area contributed by atoms with Gasteiger partial charge in [0.05, 0.1) is 42.5 Å². The molecule has 10 heterocycles. The Kier molecular flexibility index (Phi) is 36.9. The van der Waals surface area contributed by atoms with E-state index in [1.807, 2.05) is 36.6 Å². The molecule has 2 amide bonds. The summed E-state index contributed by atoms with van der Waals surface area (Å²) in [5.41, 5.74) is -4.88. The number of nitrogens with one attached hydrogen (secondary N) is 4. The summed E-state index contributed by atoms with van der Waals surface area (Å²) >= 11 is 0. The maximum Gasteiger partial charge on any atom is 0.332 e. The number of carbonyl (C=O) groups is 6. The maximum atomic E-state index is 12.3. The Hall–Kier alpha value is -7.08. The summed E-state index contributed by atoms with van der Waals surface area (Å²) in [7, 11) is 4.42. The SMILES string of the molecule is C=C1NC(=O)C(C)=CN1[C@@H]1O[C@H](CCP(=C)(C)C)[C@@H](O)[C@H]1O.C=C1NC(=O)C=CN1[C@@H]1O[C@H](CCP(=C)(C)C)[C@@H](O)[C@H]1OC.C=P(C)(C)CC[C@H]1O[C@@H](n2cc(C(=O)CC(C)=O)c(=O)[nH]c2=O)[C@H](O)[C@@H]1O.C=P(C)(C)CC[C@H]1O[C@@H](n2cc(C(=O)COC(C)=O)c(=O)[nH]c2=O)[C@H](O)[C@@H]1O.C=P(C)(C)CC[C@H]1O[C@@H](n2ccc(=O)n(C)c2=O)[C@H](OC)[C@@H]1O. The van der Waals surface area contributed by atoms with Gasteiger partial charge in [-0.3, -0.25) is 71.4 Å². The van der Waals surface area contributed by atoms with Gasteiger partial charge in [0.15, 0.2) is 43.5 Å². The summed E-state index contributed by atoms with van der Waals surface area (Å²) in [6, 6.07) is 1.29. The van der Waals surface area contributed by atoms with Crippen molar-refractivity contribution in [2.24, 2.45) is 7.05 Å². The Balaban J connectivity index is 0.000000237. The molecular formula is C79H125N10O28P5. The van der Waals surface area contributed by atoms with Crippen molar-refractivity contribution in [3.05, 3.63) is 147 Å². The Morgan fingerprint density at radius 1 is 0.484 bits per heavy atom. The molecule has 0 saturated carbocycles. The molecule has 684 valence electrons. The number of H-pyrrole nitrogens is 2. The van der Waals surface area contributed by atoms with E-state index in [1.165, 1.54) is 44.0 Å². The van der Waals surface area contributed by atoms with Crippen molar-refractivity contribution in [3.63, 3.8) is 0 Å². The summed E-state index contributed by atoms with van der Waals surface area (Å²) in [6.45, 7) is 25.4. The third-order valence-corrected chi connectivity index (χ3v) is 27.8. The third-order valence-electron chi connectivity index (χ3n) is 20.4. The average Bonchev–Trinajstić information content (AvgIpc) is 1.62. The highest BCUT2D eigenvalue weighted by Crippen LogP contribution is 2.44. The number of hydrogen-bond acceptors (Lipinski definition) is 30. The van der Waals surface area contributed by atoms with Gasteiger partial charge in [0.25, 0.3) is 28.5 Å². The number of aromatic nitrogens is 6. The van der Waals surface area contributed by atoms with Crippen LogP contribution in [-0.2, 0) is 64.1 Å². The number of methoxy groups -OCH3 is 2. The average molecular weight is 1820 g/mol. The molecule has 0 aromatic carbocycles. The number of rotatable bonds is 28. The van der Waals surface area contributed by atoms with Gasteiger partial charge in [-0.2, -0.15) is 0 Å². The zero-order valence-corrected chi connectivity index (χ0v) is 76.7. The number of aliphatic hydroxyl groups is 8. The molecule has 0 unspecified atom stereocenters. The largest absolute Gasteiger partial charge is 0.457 e. The molecule has 3 aromatic rings. The van der Waals surface area contributed by atoms with Crippen LogP contribution in [0.1, 0.15) is 98.7 Å². The number of nitrogens with zero attached hydrogens (tertiary/aromatic N) is 6. The summed E-state index contributed by atoms with van der Waals surface area (Å²) in [6.07, 6.45) is 17.8. The highest BCUT2D eigenvalue weighted by Gasteiger charge is 2.51. The van der Waals surface area contributed by atoms with Crippen molar-refractivity contribution in [2.75, 3.05) is 118 Å². The highest BCUT2D eigenvalue weighted by atomic mass is 31.2. The monoisotopic (exact) mass is 1820 g/mol. The van der Waals surface area contributed by atoms with Crippen LogP contribution in [0, 0.1) is 0 Å². The van der Waals surface area contributed by atoms with Gasteiger partial charge < -0.3 is 99.2 Å². The van der Waals surface area contributed by atoms with E-state index >= 15 is 0 Å². The molecule has 0 spiro atoms. The summed E-state index contributed by atoms with van der Waals surface area (Å²) < 4.78 is 48.4. The quantitative estimate of drug-likeness (QED) is 0.0185. The number of aromatic amines is 2. The standard InChI is InChI=1S/C17H25N2O8P.C17H25N2O7P.C15H25N2O5P.2C15H25N2O4P/c1-9(20)26-8-11(21)10-7-19(17(25)18-15(10)24)16-14(23)13(22)12(27-16)5-6-28(2,3)4;1-9(20)7-11(21)10-8-19(17(25)18-15(10)24)16-14(23)13(22)12(26-16)5-6-27(2,3)4;1-16-11(18)6-8-17(15(16)20)14-13(21-2)12(19)10(22-14)7-9-23(3,4)5;1-10-16-12(18)6-8-17(10)15-14(20-2)13(19)11(21-15)7-9-22(3,4)5;1-9-8-17(10(2)16-14(9)20)15-13(19)12(18)11(21-15)6-7-22(3,4)5/h7,12-14,16,22-23H,2,5-6,8H2,1,3-4H3,(H,18,24,25);8,12-14,16,22-23H,2,5-7H2,1,3-4H3,(H,18,24,25);6,8,10,12-14,19H,3,7,9H2,1-2,4-5H3;6,8,11,13-15,19H,1,3,7,9H2,2,4-5H3,(H,16,18);8,11-13,15,18-19H,2-3,6-7H2,1,4-5H3,(H,16,20)/t2*12-,13-,14-,16-;10-,12-,13-,14-;11-,13-,14-,15-;11-,12-,13-,15-/m11111/s1. The fraction of sp³-hybridized carbons (Fsp3) is 0.608. The Morgan fingerprint density at radius 2 is 0.844 bits per heavy atom. The fourth-order valence-corrected chi connectivity index (χ4v) is 18.3. The topological polar surface area (TPSA) is 522 Å². The van der Waals surface area contributed by atoms with Gasteiger partial charge in [0.2, 0.25) is 5.78 Å². The van der Waals surface area contributed by atoms with Crippen LogP contribution in [-0.4, -0.2) is 368 Å². The first-order valence-corrected chi connectivity index (χ1v) is 54.3. The van der Waals surface area contributed by atoms with E-state index in [0.717, 1.165) is 64.1 Å². The van der Waals surface area contributed by atoms with Crippen LogP contribution in [0.3, 0.4) is 0 Å². The fourth-order valence-electron chi connectivity index (χ4n) is 13.5. The molecule has 7 aliphatic rings. The lowest BCUT2D eigenvalue weighted by Crippen LogP contribution is -2.47. The molecule has 5 saturated heterocycles. The van der Waals surface area contributed by atoms with Crippen molar-refractivity contribution in [3.8, 4) is 0 Å². The summed E-state index contributed by atoms with van der Waals surface area (Å²) in [5, 5.41) is 87.8. The number of hydrogen-bond donors (Lipinski definition) is 12. The lowest BCUT2D eigenvalue weighted by molar-refractivity contribution is -0.139. The molecule has 10 rings (SSSR count). The van der Waals surface area contributed by atoms with Crippen molar-refractivity contribution in [1.29, 1.82) is 0 Å². The first-order valence-electron chi connectivity index (χ1n) is 39.1. The van der Waals surface area contributed by atoms with Gasteiger partial charge in [-0.1, -0.05) is 13.2 Å². The van der Waals surface area contributed by atoms with Gasteiger partial charge in [-0.25, -0.2) is 14.4 Å². The molecule has 5 fully saturated rings. The van der Waals surface area contributed by atoms with Crippen molar-refractivity contribution < 1.29 is 108 Å². The number of esters is 1. The number of amides is 2. The van der Waals surface area contributed by atoms with Gasteiger partial charge in [-0.15, -0.1) is 65.9 Å². The molecule has 122 heavy (non-hydrogen) atoms. The first-order chi connectivity index (χ1) is 56.3. The zero-order chi connectivity index (χ0) is 92.2. The van der Waals surface area contributed by atoms with Gasteiger partial charge in [0.1, 0.15) is 84.0 Å². The first kappa shape index (κ1) is 104. The van der Waals surface area contributed by atoms with Crippen LogP contribution in [0.2, 0.25) is 0 Å². The maximum absolute atomic E-state index is 12.3. The normalized spacial score (nSPS) is 28.5. The Labute approximate surface area is 708 Å². The van der Waals surface area contributed by atoms with E-state index in [2.05, 4.69) is 100 Å². The number of ketones is 3. The minimum atomic E-state index is -1.43. The highest BCUT2D eigenvalue weighted by molar-refractivity contribution is 7.73. The minimum absolute atomic E-state index is 0.227. The minimum Gasteiger partial charge on any atom is -0.457 e. The number of carbonyl (C=O) groups excluding carboxylic acids is 6. The molecule has 0 aliphatic carbocycles. The van der Waals surface area contributed by atoms with Gasteiger partial charge in [0, 0.05) is 76.9 Å². The van der Waals surface area contributed by atoms with Crippen molar-refractivity contribution in [1.82, 2.24) is 48.7 Å². The molecule has 0 bridgehead atoms. The Bertz CT molecular complexity index is 5020. The molecular weight excluding hydrogens is 1690 g/mol. The molecule has 38 nitrogen and oxygen atoms in total. The molecule has 20 atom stereocenters. The molecule has 12 N–H and O–H groups in total.